The van der Waals surface area contributed by atoms with Gasteiger partial charge >= 0.3 is 0 Å². The van der Waals surface area contributed by atoms with Crippen LogP contribution in [0.2, 0.25) is 0 Å². The van der Waals surface area contributed by atoms with E-state index in [9.17, 15) is 0 Å². The number of rotatable bonds is 4. The van der Waals surface area contributed by atoms with Gasteiger partial charge in [-0.25, -0.2) is 0 Å². The molecule has 0 aliphatic carbocycles. The highest BCUT2D eigenvalue weighted by atomic mass is 32.1. The van der Waals surface area contributed by atoms with E-state index in [0.29, 0.717) is 6.04 Å². The molecule has 96 valence electrons. The smallest absolute Gasteiger partial charge is 0.0585 e. The molecule has 0 spiro atoms. The molecule has 2 heteroatoms. The zero-order valence-corrected chi connectivity index (χ0v) is 12.4. The van der Waals surface area contributed by atoms with E-state index in [1.54, 1.807) is 0 Å². The summed E-state index contributed by atoms with van der Waals surface area (Å²) in [5.41, 5.74) is 4.15. The van der Waals surface area contributed by atoms with Crippen molar-refractivity contribution in [2.75, 3.05) is 7.05 Å². The standard InChI is InChI=1S/C16H21NS/c1-5-13-6-8-14(9-7-13)16(17-4)15-10-11(2)18-12(15)3/h6-10,16-17H,5H2,1-4H3. The van der Waals surface area contributed by atoms with Crippen LogP contribution in [-0.4, -0.2) is 7.05 Å². The van der Waals surface area contributed by atoms with Gasteiger partial charge in [-0.2, -0.15) is 0 Å². The molecule has 0 amide bonds. The van der Waals surface area contributed by atoms with Crippen molar-refractivity contribution in [2.45, 2.75) is 33.2 Å². The Labute approximate surface area is 114 Å². The molecule has 0 saturated carbocycles. The number of hydrogen-bond acceptors (Lipinski definition) is 2. The lowest BCUT2D eigenvalue weighted by atomic mass is 9.98. The second kappa shape index (κ2) is 5.68. The molecular formula is C16H21NS. The second-order valence-corrected chi connectivity index (χ2v) is 6.15. The van der Waals surface area contributed by atoms with Gasteiger partial charge < -0.3 is 5.32 Å². The normalized spacial score (nSPS) is 12.7. The van der Waals surface area contributed by atoms with E-state index in [1.807, 2.05) is 18.4 Å². The summed E-state index contributed by atoms with van der Waals surface area (Å²) in [4.78, 5) is 2.79. The summed E-state index contributed by atoms with van der Waals surface area (Å²) in [6.45, 7) is 6.57. The monoisotopic (exact) mass is 259 g/mol. The summed E-state index contributed by atoms with van der Waals surface area (Å²) in [5, 5.41) is 3.43. The molecule has 2 rings (SSSR count). The van der Waals surface area contributed by atoms with Crippen LogP contribution in [0.15, 0.2) is 30.3 Å². The summed E-state index contributed by atoms with van der Waals surface area (Å²) in [6.07, 6.45) is 1.10. The van der Waals surface area contributed by atoms with Crippen LogP contribution >= 0.6 is 11.3 Å². The highest BCUT2D eigenvalue weighted by Gasteiger charge is 2.15. The largest absolute Gasteiger partial charge is 0.309 e. The molecule has 18 heavy (non-hydrogen) atoms. The summed E-state index contributed by atoms with van der Waals surface area (Å²) in [5.74, 6) is 0. The lowest BCUT2D eigenvalue weighted by Crippen LogP contribution is -2.17. The minimum atomic E-state index is 0.306. The first-order valence-electron chi connectivity index (χ1n) is 6.48. The van der Waals surface area contributed by atoms with Gasteiger partial charge in [-0.15, -0.1) is 11.3 Å². The molecule has 1 atom stereocenters. The van der Waals surface area contributed by atoms with Gasteiger partial charge in [-0.1, -0.05) is 31.2 Å². The first-order chi connectivity index (χ1) is 8.65. The summed E-state index contributed by atoms with van der Waals surface area (Å²) < 4.78 is 0. The Bertz CT molecular complexity index is 510. The minimum absolute atomic E-state index is 0.306. The highest BCUT2D eigenvalue weighted by molar-refractivity contribution is 7.12. The Morgan fingerprint density at radius 1 is 1.17 bits per heavy atom. The molecule has 0 aliphatic rings. The number of benzene rings is 1. The molecule has 1 N–H and O–H groups in total. The average Bonchev–Trinajstić information content (AvgIpc) is 2.70. The van der Waals surface area contributed by atoms with Gasteiger partial charge in [-0.3, -0.25) is 0 Å². The van der Waals surface area contributed by atoms with Crippen molar-refractivity contribution >= 4 is 11.3 Å². The zero-order chi connectivity index (χ0) is 13.1. The van der Waals surface area contributed by atoms with Gasteiger partial charge in [0.1, 0.15) is 0 Å². The Balaban J connectivity index is 2.35. The van der Waals surface area contributed by atoms with Crippen LogP contribution in [0.5, 0.6) is 0 Å². The van der Waals surface area contributed by atoms with Gasteiger partial charge in [0.15, 0.2) is 0 Å². The van der Waals surface area contributed by atoms with E-state index < -0.39 is 0 Å². The van der Waals surface area contributed by atoms with Crippen LogP contribution in [-0.2, 0) is 6.42 Å². The molecule has 0 aliphatic heterocycles. The number of hydrogen-bond donors (Lipinski definition) is 1. The van der Waals surface area contributed by atoms with E-state index in [-0.39, 0.29) is 0 Å². The van der Waals surface area contributed by atoms with Crippen LogP contribution in [0, 0.1) is 13.8 Å². The van der Waals surface area contributed by atoms with Crippen molar-refractivity contribution < 1.29 is 0 Å². The summed E-state index contributed by atoms with van der Waals surface area (Å²) in [7, 11) is 2.03. The van der Waals surface area contributed by atoms with Crippen LogP contribution in [0.4, 0.5) is 0 Å². The maximum Gasteiger partial charge on any atom is 0.0585 e. The highest BCUT2D eigenvalue weighted by Crippen LogP contribution is 2.30. The Morgan fingerprint density at radius 3 is 2.28 bits per heavy atom. The maximum absolute atomic E-state index is 3.43. The molecule has 1 nitrogen and oxygen atoms in total. The van der Waals surface area contributed by atoms with Crippen molar-refractivity contribution in [2.24, 2.45) is 0 Å². The number of aryl methyl sites for hydroxylation is 3. The molecular weight excluding hydrogens is 238 g/mol. The van der Waals surface area contributed by atoms with Crippen LogP contribution in [0.1, 0.15) is 39.4 Å². The van der Waals surface area contributed by atoms with Crippen LogP contribution < -0.4 is 5.32 Å². The van der Waals surface area contributed by atoms with Gasteiger partial charge in [0, 0.05) is 9.75 Å². The fourth-order valence-electron chi connectivity index (χ4n) is 2.38. The molecule has 2 aromatic rings. The van der Waals surface area contributed by atoms with Gasteiger partial charge in [0.05, 0.1) is 6.04 Å². The average molecular weight is 259 g/mol. The molecule has 0 fully saturated rings. The van der Waals surface area contributed by atoms with E-state index in [4.69, 9.17) is 0 Å². The number of thiophene rings is 1. The Morgan fingerprint density at radius 2 is 1.83 bits per heavy atom. The topological polar surface area (TPSA) is 12.0 Å². The predicted octanol–water partition coefficient (Wildman–Crippen LogP) is 4.24. The number of nitrogens with one attached hydrogen (secondary N) is 1. The lowest BCUT2D eigenvalue weighted by Gasteiger charge is -2.17. The Kier molecular flexibility index (Phi) is 4.20. The van der Waals surface area contributed by atoms with Gasteiger partial charge in [0.2, 0.25) is 0 Å². The van der Waals surface area contributed by atoms with Crippen LogP contribution in [0.25, 0.3) is 0 Å². The fraction of sp³-hybridized carbons (Fsp3) is 0.375. The summed E-state index contributed by atoms with van der Waals surface area (Å²) >= 11 is 1.88. The molecule has 1 aromatic carbocycles. The van der Waals surface area contributed by atoms with Crippen molar-refractivity contribution in [1.29, 1.82) is 0 Å². The second-order valence-electron chi connectivity index (χ2n) is 4.69. The lowest BCUT2D eigenvalue weighted by molar-refractivity contribution is 0.690. The van der Waals surface area contributed by atoms with Crippen molar-refractivity contribution in [3.05, 3.63) is 56.8 Å². The molecule has 0 bridgehead atoms. The van der Waals surface area contributed by atoms with Gasteiger partial charge in [-0.05, 0) is 50.1 Å². The van der Waals surface area contributed by atoms with Crippen molar-refractivity contribution in [3.63, 3.8) is 0 Å². The fourth-order valence-corrected chi connectivity index (χ4v) is 3.35. The molecule has 1 heterocycles. The first-order valence-corrected chi connectivity index (χ1v) is 7.30. The van der Waals surface area contributed by atoms with Crippen molar-refractivity contribution in [3.8, 4) is 0 Å². The molecule has 0 radical (unpaired) electrons. The van der Waals surface area contributed by atoms with Gasteiger partial charge in [0.25, 0.3) is 0 Å². The van der Waals surface area contributed by atoms with E-state index >= 15 is 0 Å². The van der Waals surface area contributed by atoms with Crippen molar-refractivity contribution in [1.82, 2.24) is 5.32 Å². The maximum atomic E-state index is 3.43. The molecule has 1 unspecified atom stereocenters. The molecule has 1 aromatic heterocycles. The quantitative estimate of drug-likeness (QED) is 0.866. The third-order valence-electron chi connectivity index (χ3n) is 3.40. The predicted molar refractivity (Wildman–Crippen MR) is 80.5 cm³/mol. The molecule has 0 saturated heterocycles. The third kappa shape index (κ3) is 2.65. The van der Waals surface area contributed by atoms with E-state index in [2.05, 4.69) is 56.4 Å². The first kappa shape index (κ1) is 13.3. The Hall–Kier alpha value is -1.12. The third-order valence-corrected chi connectivity index (χ3v) is 4.38. The van der Waals surface area contributed by atoms with Crippen LogP contribution in [0.3, 0.4) is 0 Å². The van der Waals surface area contributed by atoms with E-state index in [0.717, 1.165) is 6.42 Å². The minimum Gasteiger partial charge on any atom is -0.309 e. The zero-order valence-electron chi connectivity index (χ0n) is 11.6. The van der Waals surface area contributed by atoms with E-state index in [1.165, 1.54) is 26.4 Å². The summed E-state index contributed by atoms with van der Waals surface area (Å²) in [6, 6.07) is 11.6. The SMILES string of the molecule is CCc1ccc(C(NC)c2cc(C)sc2C)cc1.